The second-order valence-corrected chi connectivity index (χ2v) is 7.97. The quantitative estimate of drug-likeness (QED) is 0.240. The molecule has 0 aromatic heterocycles. The van der Waals surface area contributed by atoms with Gasteiger partial charge in [-0.15, -0.1) is 0 Å². The van der Waals surface area contributed by atoms with Crippen molar-refractivity contribution in [1.29, 1.82) is 0 Å². The average molecular weight is 451 g/mol. The summed E-state index contributed by atoms with van der Waals surface area (Å²) >= 11 is 0. The highest BCUT2D eigenvalue weighted by Crippen LogP contribution is 2.37. The smallest absolute Gasteiger partial charge is 0.240 e. The van der Waals surface area contributed by atoms with Crippen molar-refractivity contribution >= 4 is 5.91 Å². The highest BCUT2D eigenvalue weighted by molar-refractivity contribution is 5.83. The lowest BCUT2D eigenvalue weighted by atomic mass is 9.76. The van der Waals surface area contributed by atoms with Crippen LogP contribution in [0.4, 0.5) is 0 Å². The molecule has 7 nitrogen and oxygen atoms in total. The third kappa shape index (κ3) is 5.13. The number of aliphatic hydroxyl groups excluding tert-OH is 4. The van der Waals surface area contributed by atoms with Gasteiger partial charge in [-0.25, -0.2) is 0 Å². The van der Waals surface area contributed by atoms with E-state index in [4.69, 9.17) is 0 Å². The summed E-state index contributed by atoms with van der Waals surface area (Å²) in [4.78, 5) is 13.2. The summed E-state index contributed by atoms with van der Waals surface area (Å²) in [5.74, 6) is -0.665. The summed E-state index contributed by atoms with van der Waals surface area (Å²) in [6, 6.07) is 27.7. The van der Waals surface area contributed by atoms with Gasteiger partial charge >= 0.3 is 0 Å². The fourth-order valence-corrected chi connectivity index (χ4v) is 3.89. The summed E-state index contributed by atoms with van der Waals surface area (Å²) in [6.07, 6.45) is 0. The lowest BCUT2D eigenvalue weighted by molar-refractivity contribution is -0.128. The van der Waals surface area contributed by atoms with Crippen LogP contribution >= 0.6 is 0 Å². The van der Waals surface area contributed by atoms with Crippen LogP contribution in [0.15, 0.2) is 91.0 Å². The molecule has 0 aliphatic rings. The lowest BCUT2D eigenvalue weighted by Gasteiger charge is -2.40. The van der Waals surface area contributed by atoms with Crippen molar-refractivity contribution in [2.24, 2.45) is 0 Å². The van der Waals surface area contributed by atoms with Crippen LogP contribution in [-0.2, 0) is 10.3 Å². The normalized spacial score (nSPS) is 12.8. The molecule has 0 saturated carbocycles. The maximum atomic E-state index is 13.2. The van der Waals surface area contributed by atoms with Gasteiger partial charge in [-0.3, -0.25) is 10.1 Å². The number of benzene rings is 3. The van der Waals surface area contributed by atoms with E-state index in [1.807, 2.05) is 91.0 Å². The fraction of sp³-hybridized carbons (Fsp3) is 0.269. The van der Waals surface area contributed by atoms with Crippen LogP contribution < -0.4 is 10.6 Å². The van der Waals surface area contributed by atoms with E-state index >= 15 is 0 Å². The lowest BCUT2D eigenvalue weighted by Crippen LogP contribution is -2.63. The number of nitrogens with one attached hydrogen (secondary N) is 2. The van der Waals surface area contributed by atoms with Crippen LogP contribution in [0.25, 0.3) is 0 Å². The van der Waals surface area contributed by atoms with Gasteiger partial charge in [-0.2, -0.15) is 0 Å². The van der Waals surface area contributed by atoms with E-state index in [0.29, 0.717) is 0 Å². The predicted octanol–water partition coefficient (Wildman–Crippen LogP) is 0.761. The second kappa shape index (κ2) is 11.2. The molecule has 0 fully saturated rings. The minimum Gasteiger partial charge on any atom is -0.394 e. The van der Waals surface area contributed by atoms with Gasteiger partial charge in [0, 0.05) is 0 Å². The minimum absolute atomic E-state index is 0.557. The number of carbonyl (C=O) groups excluding carboxylic acids is 1. The molecule has 1 unspecified atom stereocenters. The number of amides is 1. The van der Waals surface area contributed by atoms with Crippen molar-refractivity contribution in [3.63, 3.8) is 0 Å². The van der Waals surface area contributed by atoms with E-state index in [0.717, 1.165) is 16.7 Å². The fourth-order valence-electron chi connectivity index (χ4n) is 3.89. The van der Waals surface area contributed by atoms with Crippen molar-refractivity contribution in [1.82, 2.24) is 10.6 Å². The van der Waals surface area contributed by atoms with Gasteiger partial charge in [0.05, 0.1) is 32.0 Å². The molecule has 174 valence electrons. The molecule has 1 atom stereocenters. The van der Waals surface area contributed by atoms with Crippen LogP contribution in [0, 0.1) is 0 Å². The molecule has 7 heteroatoms. The molecule has 6 N–H and O–H groups in total. The molecule has 0 spiro atoms. The molecule has 0 saturated heterocycles. The van der Waals surface area contributed by atoms with E-state index in [9.17, 15) is 25.2 Å². The van der Waals surface area contributed by atoms with E-state index in [1.165, 1.54) is 0 Å². The number of rotatable bonds is 11. The van der Waals surface area contributed by atoms with Gasteiger partial charge in [-0.1, -0.05) is 91.0 Å². The molecule has 1 amide bonds. The first-order valence-electron chi connectivity index (χ1n) is 10.7. The number of hydrogen-bond acceptors (Lipinski definition) is 6. The SMILES string of the molecule is O=C(NC(CO)(CO)CO)C(CO)NC(c1ccccc1)(c1ccccc1)c1ccccc1. The number of hydrogen-bond donors (Lipinski definition) is 6. The molecule has 3 aromatic rings. The molecule has 0 aliphatic heterocycles. The van der Waals surface area contributed by atoms with Gasteiger partial charge in [-0.05, 0) is 16.7 Å². The Morgan fingerprint density at radius 2 is 1.03 bits per heavy atom. The largest absolute Gasteiger partial charge is 0.394 e. The van der Waals surface area contributed by atoms with Crippen LogP contribution in [0.3, 0.4) is 0 Å². The molecule has 0 aliphatic carbocycles. The average Bonchev–Trinajstić information content (AvgIpc) is 2.89. The molecular formula is C26H30N2O5. The Morgan fingerprint density at radius 1 is 0.667 bits per heavy atom. The summed E-state index contributed by atoms with van der Waals surface area (Å²) in [6.45, 7) is -2.54. The summed E-state index contributed by atoms with van der Waals surface area (Å²) in [5, 5.41) is 44.9. The number of carbonyl (C=O) groups is 1. The Morgan fingerprint density at radius 3 is 1.33 bits per heavy atom. The third-order valence-corrected chi connectivity index (χ3v) is 5.81. The van der Waals surface area contributed by atoms with Crippen molar-refractivity contribution in [3.8, 4) is 0 Å². The molecule has 3 rings (SSSR count). The van der Waals surface area contributed by atoms with Gasteiger partial charge in [0.2, 0.25) is 5.91 Å². The first kappa shape index (κ1) is 24.6. The van der Waals surface area contributed by atoms with Gasteiger partial charge in [0.25, 0.3) is 0 Å². The Balaban J connectivity index is 2.14. The first-order chi connectivity index (χ1) is 16.0. The van der Waals surface area contributed by atoms with Crippen LogP contribution in [0.1, 0.15) is 16.7 Å². The van der Waals surface area contributed by atoms with E-state index in [-0.39, 0.29) is 0 Å². The Bertz CT molecular complexity index is 890. The van der Waals surface area contributed by atoms with Crippen LogP contribution in [0.2, 0.25) is 0 Å². The Hall–Kier alpha value is -3.07. The zero-order valence-corrected chi connectivity index (χ0v) is 18.3. The molecule has 3 aromatic carbocycles. The van der Waals surface area contributed by atoms with Crippen LogP contribution in [-0.4, -0.2) is 64.3 Å². The monoisotopic (exact) mass is 450 g/mol. The number of aliphatic hydroxyl groups is 4. The first-order valence-corrected chi connectivity index (χ1v) is 10.7. The topological polar surface area (TPSA) is 122 Å². The summed E-state index contributed by atoms with van der Waals surface area (Å²) in [5.41, 5.74) is -0.0558. The van der Waals surface area contributed by atoms with E-state index in [1.54, 1.807) is 0 Å². The maximum Gasteiger partial charge on any atom is 0.240 e. The van der Waals surface area contributed by atoms with Gasteiger partial charge in [0.15, 0.2) is 0 Å². The molecule has 0 bridgehead atoms. The Labute approximate surface area is 193 Å². The molecular weight excluding hydrogens is 420 g/mol. The van der Waals surface area contributed by atoms with Crippen molar-refractivity contribution in [2.45, 2.75) is 17.1 Å². The van der Waals surface area contributed by atoms with Gasteiger partial charge in [0.1, 0.15) is 11.6 Å². The highest BCUT2D eigenvalue weighted by atomic mass is 16.3. The van der Waals surface area contributed by atoms with Crippen molar-refractivity contribution < 1.29 is 25.2 Å². The van der Waals surface area contributed by atoms with E-state index in [2.05, 4.69) is 10.6 Å². The maximum absolute atomic E-state index is 13.2. The predicted molar refractivity (Wildman–Crippen MR) is 125 cm³/mol. The minimum atomic E-state index is -1.61. The summed E-state index contributed by atoms with van der Waals surface area (Å²) < 4.78 is 0. The van der Waals surface area contributed by atoms with Crippen molar-refractivity contribution in [3.05, 3.63) is 108 Å². The standard InChI is InChI=1S/C26H30N2O5/c29-16-23(24(33)28-25(17-30,18-31)19-32)27-26(20-10-4-1-5-11-20,21-12-6-2-7-13-21)22-14-8-3-9-15-22/h1-15,23,27,29-32H,16-19H2,(H,28,33). The third-order valence-electron chi connectivity index (χ3n) is 5.81. The van der Waals surface area contributed by atoms with Gasteiger partial charge < -0.3 is 25.7 Å². The summed E-state index contributed by atoms with van der Waals surface area (Å²) in [7, 11) is 0. The molecule has 33 heavy (non-hydrogen) atoms. The molecule has 0 radical (unpaired) electrons. The van der Waals surface area contributed by atoms with Crippen LogP contribution in [0.5, 0.6) is 0 Å². The Kier molecular flexibility index (Phi) is 8.32. The molecule has 0 heterocycles. The van der Waals surface area contributed by atoms with Crippen molar-refractivity contribution in [2.75, 3.05) is 26.4 Å². The van der Waals surface area contributed by atoms with E-state index < -0.39 is 49.5 Å². The zero-order valence-electron chi connectivity index (χ0n) is 18.3. The zero-order chi connectivity index (χ0) is 23.7. The second-order valence-electron chi connectivity index (χ2n) is 7.97. The highest BCUT2D eigenvalue weighted by Gasteiger charge is 2.41.